The standard InChI is InChI=1S/C18H23NO2/c1-4-7-21-17-10-16(11-19-12-17)18(20)9-15-6-5-13(2)14(3)8-15/h5-6,8,10-12,18,20H,4,7,9H2,1-3H3. The molecule has 3 heteroatoms. The SMILES string of the molecule is CCCOc1cncc(C(O)Cc2ccc(C)c(C)c2)c1. The topological polar surface area (TPSA) is 42.4 Å². The number of aliphatic hydroxyl groups excluding tert-OH is 1. The predicted molar refractivity (Wildman–Crippen MR) is 84.6 cm³/mol. The van der Waals surface area contributed by atoms with Crippen molar-refractivity contribution in [2.45, 2.75) is 39.7 Å². The van der Waals surface area contributed by atoms with Gasteiger partial charge in [0, 0.05) is 18.2 Å². The molecule has 2 rings (SSSR count). The van der Waals surface area contributed by atoms with Crippen LogP contribution < -0.4 is 4.74 Å². The highest BCUT2D eigenvalue weighted by Crippen LogP contribution is 2.22. The maximum absolute atomic E-state index is 10.4. The minimum atomic E-state index is -0.565. The van der Waals surface area contributed by atoms with Crippen LogP contribution in [0, 0.1) is 13.8 Å². The third-order valence-corrected chi connectivity index (χ3v) is 3.59. The Balaban J connectivity index is 2.08. The van der Waals surface area contributed by atoms with E-state index in [4.69, 9.17) is 4.74 Å². The number of pyridine rings is 1. The molecule has 1 atom stereocenters. The number of hydrogen-bond donors (Lipinski definition) is 1. The highest BCUT2D eigenvalue weighted by molar-refractivity contribution is 5.32. The summed E-state index contributed by atoms with van der Waals surface area (Å²) in [6, 6.07) is 8.16. The van der Waals surface area contributed by atoms with Crippen LogP contribution in [0.3, 0.4) is 0 Å². The van der Waals surface area contributed by atoms with Gasteiger partial charge in [0.05, 0.1) is 18.9 Å². The smallest absolute Gasteiger partial charge is 0.137 e. The van der Waals surface area contributed by atoms with E-state index in [1.165, 1.54) is 11.1 Å². The third-order valence-electron chi connectivity index (χ3n) is 3.59. The van der Waals surface area contributed by atoms with E-state index < -0.39 is 6.10 Å². The molecule has 1 aromatic heterocycles. The summed E-state index contributed by atoms with van der Waals surface area (Å²) in [5.41, 5.74) is 4.44. The van der Waals surface area contributed by atoms with Crippen molar-refractivity contribution in [1.82, 2.24) is 4.98 Å². The molecule has 1 unspecified atom stereocenters. The van der Waals surface area contributed by atoms with Crippen molar-refractivity contribution in [2.24, 2.45) is 0 Å². The van der Waals surface area contributed by atoms with Gasteiger partial charge in [0.25, 0.3) is 0 Å². The maximum Gasteiger partial charge on any atom is 0.137 e. The largest absolute Gasteiger partial charge is 0.492 e. The molecule has 0 fully saturated rings. The number of aliphatic hydroxyl groups is 1. The van der Waals surface area contributed by atoms with E-state index in [1.807, 2.05) is 6.07 Å². The molecular formula is C18H23NO2. The Hall–Kier alpha value is -1.87. The van der Waals surface area contributed by atoms with Gasteiger partial charge in [-0.15, -0.1) is 0 Å². The van der Waals surface area contributed by atoms with Crippen molar-refractivity contribution < 1.29 is 9.84 Å². The first-order valence-electron chi connectivity index (χ1n) is 7.42. The molecule has 112 valence electrons. The van der Waals surface area contributed by atoms with Crippen LogP contribution in [0.25, 0.3) is 0 Å². The highest BCUT2D eigenvalue weighted by atomic mass is 16.5. The van der Waals surface area contributed by atoms with E-state index >= 15 is 0 Å². The first-order valence-corrected chi connectivity index (χ1v) is 7.42. The number of hydrogen-bond acceptors (Lipinski definition) is 3. The number of rotatable bonds is 6. The Kier molecular flexibility index (Phi) is 5.34. The molecule has 0 amide bonds. The average molecular weight is 285 g/mol. The lowest BCUT2D eigenvalue weighted by molar-refractivity contribution is 0.177. The Bertz CT molecular complexity index is 596. The Morgan fingerprint density at radius 3 is 2.67 bits per heavy atom. The van der Waals surface area contributed by atoms with Crippen LogP contribution in [0.5, 0.6) is 5.75 Å². The number of nitrogens with zero attached hydrogens (tertiary/aromatic N) is 1. The highest BCUT2D eigenvalue weighted by Gasteiger charge is 2.11. The zero-order valence-corrected chi connectivity index (χ0v) is 13.0. The summed E-state index contributed by atoms with van der Waals surface area (Å²) >= 11 is 0. The van der Waals surface area contributed by atoms with Crippen LogP contribution in [-0.4, -0.2) is 16.7 Å². The molecule has 0 aliphatic carbocycles. The molecule has 0 spiro atoms. The minimum absolute atomic E-state index is 0.565. The van der Waals surface area contributed by atoms with E-state index in [2.05, 4.69) is 44.0 Å². The second-order valence-corrected chi connectivity index (χ2v) is 5.44. The van der Waals surface area contributed by atoms with Gasteiger partial charge in [-0.3, -0.25) is 4.98 Å². The first kappa shape index (κ1) is 15.5. The predicted octanol–water partition coefficient (Wildman–Crippen LogP) is 3.76. The molecular weight excluding hydrogens is 262 g/mol. The van der Waals surface area contributed by atoms with E-state index in [9.17, 15) is 5.11 Å². The lowest BCUT2D eigenvalue weighted by Crippen LogP contribution is -2.04. The van der Waals surface area contributed by atoms with Crippen LogP contribution in [0.4, 0.5) is 0 Å². The van der Waals surface area contributed by atoms with Crippen LogP contribution in [0.2, 0.25) is 0 Å². The van der Waals surface area contributed by atoms with Gasteiger partial charge in [0.15, 0.2) is 0 Å². The molecule has 3 nitrogen and oxygen atoms in total. The molecule has 21 heavy (non-hydrogen) atoms. The minimum Gasteiger partial charge on any atom is -0.492 e. The third kappa shape index (κ3) is 4.30. The summed E-state index contributed by atoms with van der Waals surface area (Å²) in [5.74, 6) is 0.716. The number of aryl methyl sites for hydroxylation is 2. The van der Waals surface area contributed by atoms with Crippen LogP contribution in [0.1, 0.15) is 41.7 Å². The molecule has 0 saturated heterocycles. The molecule has 0 aliphatic heterocycles. The quantitative estimate of drug-likeness (QED) is 0.878. The van der Waals surface area contributed by atoms with E-state index in [0.717, 1.165) is 17.5 Å². The molecule has 1 heterocycles. The van der Waals surface area contributed by atoms with Gasteiger partial charge >= 0.3 is 0 Å². The zero-order chi connectivity index (χ0) is 15.2. The average Bonchev–Trinajstić information content (AvgIpc) is 2.49. The van der Waals surface area contributed by atoms with Crippen molar-refractivity contribution in [1.29, 1.82) is 0 Å². The fourth-order valence-corrected chi connectivity index (χ4v) is 2.19. The molecule has 0 radical (unpaired) electrons. The first-order chi connectivity index (χ1) is 10.1. The van der Waals surface area contributed by atoms with Crippen molar-refractivity contribution in [3.05, 3.63) is 58.9 Å². The van der Waals surface area contributed by atoms with Crippen LogP contribution >= 0.6 is 0 Å². The molecule has 2 aromatic rings. The van der Waals surface area contributed by atoms with E-state index in [-0.39, 0.29) is 0 Å². The second kappa shape index (κ2) is 7.23. The van der Waals surface area contributed by atoms with Gasteiger partial charge in [-0.25, -0.2) is 0 Å². The fraction of sp³-hybridized carbons (Fsp3) is 0.389. The molecule has 0 saturated carbocycles. The van der Waals surface area contributed by atoms with Gasteiger partial charge in [-0.2, -0.15) is 0 Å². The Morgan fingerprint density at radius 1 is 1.14 bits per heavy atom. The van der Waals surface area contributed by atoms with Gasteiger partial charge in [0.1, 0.15) is 5.75 Å². The van der Waals surface area contributed by atoms with Crippen molar-refractivity contribution in [3.8, 4) is 5.75 Å². The summed E-state index contributed by atoms with van der Waals surface area (Å²) in [7, 11) is 0. The van der Waals surface area contributed by atoms with Crippen molar-refractivity contribution >= 4 is 0 Å². The van der Waals surface area contributed by atoms with Gasteiger partial charge < -0.3 is 9.84 Å². The Morgan fingerprint density at radius 2 is 1.95 bits per heavy atom. The molecule has 0 aliphatic rings. The summed E-state index contributed by atoms with van der Waals surface area (Å²) < 4.78 is 5.56. The van der Waals surface area contributed by atoms with E-state index in [1.54, 1.807) is 12.4 Å². The summed E-state index contributed by atoms with van der Waals surface area (Å²) in [6.07, 6.45) is 4.35. The molecule has 1 N–H and O–H groups in total. The number of ether oxygens (including phenoxy) is 1. The molecule has 1 aromatic carbocycles. The van der Waals surface area contributed by atoms with Crippen LogP contribution in [-0.2, 0) is 6.42 Å². The summed E-state index contributed by atoms with van der Waals surface area (Å²) in [6.45, 7) is 6.91. The van der Waals surface area contributed by atoms with Gasteiger partial charge in [-0.05, 0) is 43.0 Å². The lowest BCUT2D eigenvalue weighted by Gasteiger charge is -2.13. The molecule has 0 bridgehead atoms. The monoisotopic (exact) mass is 285 g/mol. The lowest BCUT2D eigenvalue weighted by atomic mass is 9.99. The zero-order valence-electron chi connectivity index (χ0n) is 13.0. The normalized spacial score (nSPS) is 12.2. The number of aromatic nitrogens is 1. The maximum atomic E-state index is 10.4. The summed E-state index contributed by atoms with van der Waals surface area (Å²) in [4.78, 5) is 4.15. The number of benzene rings is 1. The van der Waals surface area contributed by atoms with Gasteiger partial charge in [0.2, 0.25) is 0 Å². The second-order valence-electron chi connectivity index (χ2n) is 5.44. The Labute approximate surface area is 126 Å². The van der Waals surface area contributed by atoms with Crippen molar-refractivity contribution in [2.75, 3.05) is 6.61 Å². The van der Waals surface area contributed by atoms with Crippen LogP contribution in [0.15, 0.2) is 36.7 Å². The van der Waals surface area contributed by atoms with Gasteiger partial charge in [-0.1, -0.05) is 25.1 Å². The summed E-state index contributed by atoms with van der Waals surface area (Å²) in [5, 5.41) is 10.4. The van der Waals surface area contributed by atoms with Crippen molar-refractivity contribution in [3.63, 3.8) is 0 Å². The fourth-order valence-electron chi connectivity index (χ4n) is 2.19. The van der Waals surface area contributed by atoms with E-state index in [0.29, 0.717) is 18.8 Å².